The summed E-state index contributed by atoms with van der Waals surface area (Å²) in [7, 11) is 0. The summed E-state index contributed by atoms with van der Waals surface area (Å²) in [4.78, 5) is 27.8. The van der Waals surface area contributed by atoms with E-state index in [2.05, 4.69) is 10.6 Å². The fourth-order valence-corrected chi connectivity index (χ4v) is 4.00. The normalized spacial score (nSPS) is 12.2. The van der Waals surface area contributed by atoms with Gasteiger partial charge in [0, 0.05) is 17.8 Å². The molecule has 0 fully saturated rings. The molecule has 33 heavy (non-hydrogen) atoms. The van der Waals surface area contributed by atoms with Gasteiger partial charge in [0.1, 0.15) is 5.76 Å². The number of nitrogens with zero attached hydrogens (tertiary/aromatic N) is 1. The number of hydrogen-bond donors (Lipinski definition) is 2. The number of carbonyl (C=O) groups is 2. The SMILES string of the molecule is Cc1ccoc1CC(=O)Nc1ccc(C(=O)N2c3ccccc3CNc3ccccc32)cc1. The summed E-state index contributed by atoms with van der Waals surface area (Å²) in [5.41, 5.74) is 5.70. The van der Waals surface area contributed by atoms with E-state index in [9.17, 15) is 9.59 Å². The number of amides is 2. The summed E-state index contributed by atoms with van der Waals surface area (Å²) in [6.45, 7) is 2.54. The number of nitrogens with one attached hydrogen (secondary N) is 2. The second kappa shape index (κ2) is 8.67. The molecule has 6 nitrogen and oxygen atoms in total. The molecule has 2 amide bonds. The maximum absolute atomic E-state index is 13.7. The standard InChI is InChI=1S/C27H23N3O3/c1-18-14-15-33-25(18)16-26(31)29-21-12-10-19(11-13-21)27(32)30-23-8-4-2-6-20(23)17-28-22-7-3-5-9-24(22)30/h2-15,28H,16-17H2,1H3,(H,29,31). The third kappa shape index (κ3) is 4.11. The van der Waals surface area contributed by atoms with Crippen molar-refractivity contribution in [1.29, 1.82) is 0 Å². The highest BCUT2D eigenvalue weighted by Gasteiger charge is 2.26. The van der Waals surface area contributed by atoms with Crippen LogP contribution in [0.15, 0.2) is 89.5 Å². The van der Waals surface area contributed by atoms with Crippen molar-refractivity contribution < 1.29 is 14.0 Å². The number of furan rings is 1. The van der Waals surface area contributed by atoms with Crippen LogP contribution in [0.2, 0.25) is 0 Å². The van der Waals surface area contributed by atoms with Crippen molar-refractivity contribution in [3.8, 4) is 0 Å². The number of fused-ring (bicyclic) bond motifs is 2. The molecule has 5 rings (SSSR count). The lowest BCUT2D eigenvalue weighted by molar-refractivity contribution is -0.115. The van der Waals surface area contributed by atoms with Gasteiger partial charge in [-0.2, -0.15) is 0 Å². The first-order valence-electron chi connectivity index (χ1n) is 10.8. The summed E-state index contributed by atoms with van der Waals surface area (Å²) >= 11 is 0. The first kappa shape index (κ1) is 20.6. The fourth-order valence-electron chi connectivity index (χ4n) is 4.00. The highest BCUT2D eigenvalue weighted by Crippen LogP contribution is 2.38. The molecule has 2 N–H and O–H groups in total. The molecule has 0 saturated heterocycles. The second-order valence-electron chi connectivity index (χ2n) is 7.97. The van der Waals surface area contributed by atoms with E-state index < -0.39 is 0 Å². The van der Waals surface area contributed by atoms with Crippen molar-refractivity contribution in [3.05, 3.63) is 108 Å². The average Bonchev–Trinajstić information content (AvgIpc) is 3.15. The van der Waals surface area contributed by atoms with Crippen LogP contribution in [0.25, 0.3) is 0 Å². The minimum absolute atomic E-state index is 0.136. The average molecular weight is 437 g/mol. The summed E-state index contributed by atoms with van der Waals surface area (Å²) in [5, 5.41) is 6.28. The van der Waals surface area contributed by atoms with E-state index in [1.807, 2.05) is 61.5 Å². The first-order valence-corrected chi connectivity index (χ1v) is 10.8. The van der Waals surface area contributed by atoms with Gasteiger partial charge in [-0.25, -0.2) is 0 Å². The predicted molar refractivity (Wildman–Crippen MR) is 129 cm³/mol. The summed E-state index contributed by atoms with van der Waals surface area (Å²) in [6, 6.07) is 24.5. The van der Waals surface area contributed by atoms with Crippen LogP contribution in [0.5, 0.6) is 0 Å². The molecular weight excluding hydrogens is 414 g/mol. The Bertz CT molecular complexity index is 1280. The van der Waals surface area contributed by atoms with Crippen molar-refractivity contribution in [2.75, 3.05) is 15.5 Å². The molecule has 164 valence electrons. The molecule has 0 radical (unpaired) electrons. The Hall–Kier alpha value is -4.32. The highest BCUT2D eigenvalue weighted by molar-refractivity contribution is 6.13. The number of hydrogen-bond acceptors (Lipinski definition) is 4. The zero-order valence-electron chi connectivity index (χ0n) is 18.2. The van der Waals surface area contributed by atoms with Crippen LogP contribution >= 0.6 is 0 Å². The van der Waals surface area contributed by atoms with Crippen molar-refractivity contribution in [3.63, 3.8) is 0 Å². The van der Waals surface area contributed by atoms with Gasteiger partial charge in [-0.3, -0.25) is 14.5 Å². The van der Waals surface area contributed by atoms with E-state index >= 15 is 0 Å². The van der Waals surface area contributed by atoms with Gasteiger partial charge in [-0.1, -0.05) is 30.3 Å². The van der Waals surface area contributed by atoms with E-state index in [1.165, 1.54) is 0 Å². The Kier molecular flexibility index (Phi) is 5.40. The molecule has 0 bridgehead atoms. The highest BCUT2D eigenvalue weighted by atomic mass is 16.3. The van der Waals surface area contributed by atoms with Crippen molar-refractivity contribution in [2.24, 2.45) is 0 Å². The summed E-state index contributed by atoms with van der Waals surface area (Å²) < 4.78 is 5.34. The molecule has 4 aromatic rings. The molecule has 3 aromatic carbocycles. The Morgan fingerprint density at radius 2 is 1.67 bits per heavy atom. The minimum atomic E-state index is -0.173. The van der Waals surface area contributed by atoms with Gasteiger partial charge < -0.3 is 15.1 Å². The lowest BCUT2D eigenvalue weighted by Crippen LogP contribution is -2.26. The molecule has 1 aliphatic rings. The Morgan fingerprint density at radius 1 is 0.939 bits per heavy atom. The van der Waals surface area contributed by atoms with E-state index in [4.69, 9.17) is 4.42 Å². The first-order chi connectivity index (χ1) is 16.1. The predicted octanol–water partition coefficient (Wildman–Crippen LogP) is 5.67. The van der Waals surface area contributed by atoms with Gasteiger partial charge in [0.15, 0.2) is 0 Å². The van der Waals surface area contributed by atoms with Gasteiger partial charge in [0.05, 0.1) is 29.7 Å². The van der Waals surface area contributed by atoms with Crippen molar-refractivity contribution >= 4 is 34.6 Å². The molecule has 1 aromatic heterocycles. The molecule has 0 unspecified atom stereocenters. The van der Waals surface area contributed by atoms with Crippen LogP contribution in [0.4, 0.5) is 22.7 Å². The van der Waals surface area contributed by atoms with E-state index in [1.54, 1.807) is 35.4 Å². The Labute approximate surface area is 191 Å². The zero-order valence-corrected chi connectivity index (χ0v) is 18.2. The molecule has 0 aliphatic carbocycles. The van der Waals surface area contributed by atoms with Crippen LogP contribution in [-0.2, 0) is 17.8 Å². The van der Waals surface area contributed by atoms with Gasteiger partial charge in [-0.05, 0) is 66.6 Å². The number of carbonyl (C=O) groups excluding carboxylic acids is 2. The van der Waals surface area contributed by atoms with Crippen LogP contribution in [0, 0.1) is 6.92 Å². The summed E-state index contributed by atoms with van der Waals surface area (Å²) in [5.74, 6) is 0.336. The third-order valence-corrected chi connectivity index (χ3v) is 5.75. The number of benzene rings is 3. The van der Waals surface area contributed by atoms with Crippen LogP contribution in [-0.4, -0.2) is 11.8 Å². The molecule has 0 atom stereocenters. The summed E-state index contributed by atoms with van der Waals surface area (Å²) in [6.07, 6.45) is 1.74. The Balaban J connectivity index is 1.40. The van der Waals surface area contributed by atoms with Gasteiger partial charge in [0.2, 0.25) is 5.91 Å². The minimum Gasteiger partial charge on any atom is -0.469 e. The lowest BCUT2D eigenvalue weighted by Gasteiger charge is -2.24. The maximum Gasteiger partial charge on any atom is 0.262 e. The van der Waals surface area contributed by atoms with Crippen LogP contribution in [0.3, 0.4) is 0 Å². The number of anilines is 4. The Morgan fingerprint density at radius 3 is 2.42 bits per heavy atom. The molecule has 6 heteroatoms. The number of aryl methyl sites for hydroxylation is 1. The molecular formula is C27H23N3O3. The van der Waals surface area contributed by atoms with Crippen LogP contribution < -0.4 is 15.5 Å². The number of para-hydroxylation sites is 3. The van der Waals surface area contributed by atoms with E-state index in [0.717, 1.165) is 28.2 Å². The maximum atomic E-state index is 13.7. The second-order valence-corrected chi connectivity index (χ2v) is 7.97. The van der Waals surface area contributed by atoms with Crippen molar-refractivity contribution in [2.45, 2.75) is 19.9 Å². The fraction of sp³-hybridized carbons (Fsp3) is 0.111. The molecule has 0 saturated carbocycles. The van der Waals surface area contributed by atoms with E-state index in [0.29, 0.717) is 23.6 Å². The van der Waals surface area contributed by atoms with Crippen LogP contribution in [0.1, 0.15) is 27.2 Å². The molecule has 0 spiro atoms. The smallest absolute Gasteiger partial charge is 0.262 e. The topological polar surface area (TPSA) is 74.6 Å². The monoisotopic (exact) mass is 437 g/mol. The van der Waals surface area contributed by atoms with Gasteiger partial charge in [0.25, 0.3) is 5.91 Å². The van der Waals surface area contributed by atoms with Gasteiger partial charge >= 0.3 is 0 Å². The third-order valence-electron chi connectivity index (χ3n) is 5.75. The number of rotatable bonds is 4. The van der Waals surface area contributed by atoms with Crippen molar-refractivity contribution in [1.82, 2.24) is 0 Å². The molecule has 2 heterocycles. The zero-order chi connectivity index (χ0) is 22.8. The van der Waals surface area contributed by atoms with E-state index in [-0.39, 0.29) is 18.2 Å². The lowest BCUT2D eigenvalue weighted by atomic mass is 10.1. The molecule has 1 aliphatic heterocycles. The largest absolute Gasteiger partial charge is 0.469 e. The quantitative estimate of drug-likeness (QED) is 0.431. The van der Waals surface area contributed by atoms with Gasteiger partial charge in [-0.15, -0.1) is 0 Å².